The Balaban J connectivity index is 2.12. The van der Waals surface area contributed by atoms with Crippen LogP contribution in [0.2, 0.25) is 0 Å². The maximum Gasteiger partial charge on any atom is 0.154 e. The van der Waals surface area contributed by atoms with Crippen molar-refractivity contribution < 1.29 is 13.2 Å². The molecular weight excluding hydrogens is 276 g/mol. The fourth-order valence-corrected chi connectivity index (χ4v) is 4.32. The molecule has 0 aliphatic carbocycles. The van der Waals surface area contributed by atoms with Gasteiger partial charge in [0.05, 0.1) is 24.7 Å². The molecule has 0 N–H and O–H groups in total. The van der Waals surface area contributed by atoms with Crippen LogP contribution in [0.25, 0.3) is 0 Å². The molecule has 1 aromatic carbocycles. The highest BCUT2D eigenvalue weighted by Gasteiger charge is 2.38. The monoisotopic (exact) mass is 296 g/mol. The lowest BCUT2D eigenvalue weighted by atomic mass is 10.1. The number of benzene rings is 1. The van der Waals surface area contributed by atoms with Crippen LogP contribution < -0.4 is 4.74 Å². The molecule has 2 rings (SSSR count). The van der Waals surface area contributed by atoms with Gasteiger partial charge in [0.15, 0.2) is 9.84 Å². The van der Waals surface area contributed by atoms with Crippen LogP contribution in [0.15, 0.2) is 29.3 Å². The van der Waals surface area contributed by atoms with E-state index >= 15 is 0 Å². The molecule has 1 aliphatic heterocycles. The SMILES string of the molecule is COc1ccc(C=NC2CS(=O)(=O)CC2N(C)C)cc1. The summed E-state index contributed by atoms with van der Waals surface area (Å²) < 4.78 is 28.6. The number of ether oxygens (including phenoxy) is 1. The van der Waals surface area contributed by atoms with E-state index in [-0.39, 0.29) is 23.6 Å². The predicted octanol–water partition coefficient (Wildman–Crippen LogP) is 0.841. The zero-order valence-electron chi connectivity index (χ0n) is 12.0. The first-order chi connectivity index (χ1) is 9.41. The average molecular weight is 296 g/mol. The Morgan fingerprint density at radius 2 is 1.90 bits per heavy atom. The Bertz CT molecular complexity index is 579. The average Bonchev–Trinajstić information content (AvgIpc) is 2.72. The zero-order chi connectivity index (χ0) is 14.8. The third kappa shape index (κ3) is 3.58. The number of methoxy groups -OCH3 is 1. The molecule has 1 heterocycles. The summed E-state index contributed by atoms with van der Waals surface area (Å²) in [7, 11) is 2.42. The van der Waals surface area contributed by atoms with Crippen molar-refractivity contribution in [2.24, 2.45) is 4.99 Å². The largest absolute Gasteiger partial charge is 0.497 e. The Morgan fingerprint density at radius 3 is 2.45 bits per heavy atom. The van der Waals surface area contributed by atoms with Crippen molar-refractivity contribution in [2.75, 3.05) is 32.7 Å². The van der Waals surface area contributed by atoms with E-state index in [1.807, 2.05) is 43.3 Å². The van der Waals surface area contributed by atoms with Gasteiger partial charge in [-0.3, -0.25) is 4.99 Å². The van der Waals surface area contributed by atoms with Gasteiger partial charge in [0.25, 0.3) is 0 Å². The maximum absolute atomic E-state index is 11.7. The first-order valence-corrected chi connectivity index (χ1v) is 8.27. The van der Waals surface area contributed by atoms with E-state index in [1.165, 1.54) is 0 Å². The molecule has 5 nitrogen and oxygen atoms in total. The first-order valence-electron chi connectivity index (χ1n) is 6.45. The lowest BCUT2D eigenvalue weighted by Crippen LogP contribution is -2.37. The minimum absolute atomic E-state index is 0.0468. The highest BCUT2D eigenvalue weighted by Crippen LogP contribution is 2.19. The first kappa shape index (κ1) is 15.0. The molecule has 110 valence electrons. The molecule has 2 unspecified atom stereocenters. The van der Waals surface area contributed by atoms with Crippen molar-refractivity contribution in [3.63, 3.8) is 0 Å². The van der Waals surface area contributed by atoms with E-state index in [9.17, 15) is 8.42 Å². The number of hydrogen-bond donors (Lipinski definition) is 0. The minimum atomic E-state index is -2.98. The molecule has 1 aromatic rings. The van der Waals surface area contributed by atoms with E-state index in [0.717, 1.165) is 11.3 Å². The lowest BCUT2D eigenvalue weighted by Gasteiger charge is -2.21. The molecule has 0 radical (unpaired) electrons. The molecule has 0 spiro atoms. The Labute approximate surface area is 120 Å². The van der Waals surface area contributed by atoms with Crippen LogP contribution in [0.5, 0.6) is 5.75 Å². The lowest BCUT2D eigenvalue weighted by molar-refractivity contribution is 0.297. The van der Waals surface area contributed by atoms with E-state index in [0.29, 0.717) is 0 Å². The van der Waals surface area contributed by atoms with Crippen LogP contribution in [0.1, 0.15) is 5.56 Å². The summed E-state index contributed by atoms with van der Waals surface area (Å²) in [5, 5.41) is 0. The van der Waals surface area contributed by atoms with Crippen molar-refractivity contribution in [1.82, 2.24) is 4.90 Å². The fourth-order valence-electron chi connectivity index (χ4n) is 2.32. The van der Waals surface area contributed by atoms with Gasteiger partial charge in [-0.1, -0.05) is 0 Å². The Hall–Kier alpha value is -1.40. The second-order valence-electron chi connectivity index (χ2n) is 5.23. The standard InChI is InChI=1S/C14H20N2O3S/c1-16(2)14-10-20(17,18)9-13(14)15-8-11-4-6-12(19-3)7-5-11/h4-8,13-14H,9-10H2,1-3H3. The van der Waals surface area contributed by atoms with Crippen LogP contribution >= 0.6 is 0 Å². The van der Waals surface area contributed by atoms with Crippen LogP contribution in [0.4, 0.5) is 0 Å². The number of hydrogen-bond acceptors (Lipinski definition) is 5. The number of sulfone groups is 1. The van der Waals surface area contributed by atoms with Gasteiger partial charge < -0.3 is 9.64 Å². The summed E-state index contributed by atoms with van der Waals surface area (Å²) >= 11 is 0. The maximum atomic E-state index is 11.7. The summed E-state index contributed by atoms with van der Waals surface area (Å²) in [6, 6.07) is 7.27. The number of nitrogens with zero attached hydrogens (tertiary/aromatic N) is 2. The molecule has 0 amide bonds. The summed E-state index contributed by atoms with van der Waals surface area (Å²) in [5.74, 6) is 1.10. The Kier molecular flexibility index (Phi) is 4.45. The van der Waals surface area contributed by atoms with Crippen LogP contribution in [0, 0.1) is 0 Å². The molecule has 1 saturated heterocycles. The number of aliphatic imine (C=N–C) groups is 1. The zero-order valence-corrected chi connectivity index (χ0v) is 12.8. The van der Waals surface area contributed by atoms with Gasteiger partial charge >= 0.3 is 0 Å². The molecule has 1 fully saturated rings. The van der Waals surface area contributed by atoms with Gasteiger partial charge in [0.2, 0.25) is 0 Å². The van der Waals surface area contributed by atoms with E-state index in [1.54, 1.807) is 13.3 Å². The third-order valence-corrected chi connectivity index (χ3v) is 5.19. The molecule has 20 heavy (non-hydrogen) atoms. The van der Waals surface area contributed by atoms with Crippen LogP contribution in [-0.2, 0) is 9.84 Å². The molecule has 0 saturated carbocycles. The van der Waals surface area contributed by atoms with Crippen LogP contribution in [0.3, 0.4) is 0 Å². The summed E-state index contributed by atoms with van der Waals surface area (Å²) in [4.78, 5) is 6.39. The van der Waals surface area contributed by atoms with E-state index < -0.39 is 9.84 Å². The summed E-state index contributed by atoms with van der Waals surface area (Å²) in [6.45, 7) is 0. The second-order valence-corrected chi connectivity index (χ2v) is 7.38. The van der Waals surface area contributed by atoms with Gasteiger partial charge in [-0.2, -0.15) is 0 Å². The van der Waals surface area contributed by atoms with E-state index in [4.69, 9.17) is 4.74 Å². The predicted molar refractivity (Wildman–Crippen MR) is 80.5 cm³/mol. The quantitative estimate of drug-likeness (QED) is 0.773. The second kappa shape index (κ2) is 5.93. The summed E-state index contributed by atoms with van der Waals surface area (Å²) in [6.07, 6.45) is 1.74. The molecule has 1 aliphatic rings. The fraction of sp³-hybridized carbons (Fsp3) is 0.500. The number of likely N-dealkylation sites (N-methyl/N-ethyl adjacent to an activating group) is 1. The van der Waals surface area contributed by atoms with E-state index in [2.05, 4.69) is 4.99 Å². The third-order valence-electron chi connectivity index (χ3n) is 3.49. The number of rotatable bonds is 4. The highest BCUT2D eigenvalue weighted by molar-refractivity contribution is 7.91. The topological polar surface area (TPSA) is 59.0 Å². The van der Waals surface area contributed by atoms with Gasteiger partial charge in [-0.15, -0.1) is 0 Å². The van der Waals surface area contributed by atoms with Gasteiger partial charge in [0.1, 0.15) is 5.75 Å². The highest BCUT2D eigenvalue weighted by atomic mass is 32.2. The van der Waals surface area contributed by atoms with Crippen molar-refractivity contribution >= 4 is 16.1 Å². The van der Waals surface area contributed by atoms with Crippen molar-refractivity contribution in [1.29, 1.82) is 0 Å². The molecule has 0 bridgehead atoms. The molecular formula is C14H20N2O3S. The molecule has 6 heteroatoms. The molecule has 0 aromatic heterocycles. The minimum Gasteiger partial charge on any atom is -0.497 e. The van der Waals surface area contributed by atoms with Crippen molar-refractivity contribution in [3.05, 3.63) is 29.8 Å². The Morgan fingerprint density at radius 1 is 1.25 bits per heavy atom. The normalized spacial score (nSPS) is 25.4. The van der Waals surface area contributed by atoms with Gasteiger partial charge in [-0.25, -0.2) is 8.42 Å². The van der Waals surface area contributed by atoms with Crippen LogP contribution in [-0.4, -0.2) is 64.3 Å². The van der Waals surface area contributed by atoms with Crippen molar-refractivity contribution in [3.8, 4) is 5.75 Å². The smallest absolute Gasteiger partial charge is 0.154 e. The van der Waals surface area contributed by atoms with Gasteiger partial charge in [-0.05, 0) is 43.9 Å². The molecule has 2 atom stereocenters. The van der Waals surface area contributed by atoms with Gasteiger partial charge in [0, 0.05) is 12.3 Å². The van der Waals surface area contributed by atoms with Crippen molar-refractivity contribution in [2.45, 2.75) is 12.1 Å². The summed E-state index contributed by atoms with van der Waals surface area (Å²) in [5.41, 5.74) is 0.938.